The molecule has 1 aliphatic rings. The molecule has 2 aromatic carbocycles. The largest absolute Gasteiger partial charge is 0.423 e. The first kappa shape index (κ1) is 16.0. The van der Waals surface area contributed by atoms with Crippen LogP contribution in [0.25, 0.3) is 11.0 Å². The van der Waals surface area contributed by atoms with Crippen LogP contribution < -0.4 is 15.8 Å². The quantitative estimate of drug-likeness (QED) is 0.579. The first-order valence-corrected chi connectivity index (χ1v) is 7.94. The van der Waals surface area contributed by atoms with Gasteiger partial charge in [0.2, 0.25) is 5.91 Å². The van der Waals surface area contributed by atoms with Crippen LogP contribution in [0.15, 0.2) is 63.8 Å². The molecule has 6 nitrogen and oxygen atoms in total. The van der Waals surface area contributed by atoms with E-state index >= 15 is 0 Å². The zero-order valence-electron chi connectivity index (χ0n) is 13.4. The third-order valence-corrected chi connectivity index (χ3v) is 4.19. The van der Waals surface area contributed by atoms with Gasteiger partial charge < -0.3 is 9.73 Å². The predicted octanol–water partition coefficient (Wildman–Crippen LogP) is 2.68. The van der Waals surface area contributed by atoms with Crippen LogP contribution in [0.2, 0.25) is 0 Å². The van der Waals surface area contributed by atoms with E-state index < -0.39 is 23.4 Å². The van der Waals surface area contributed by atoms with Crippen molar-refractivity contribution in [2.75, 3.05) is 10.2 Å². The van der Waals surface area contributed by atoms with Crippen LogP contribution in [-0.4, -0.2) is 17.9 Å². The molecule has 0 spiro atoms. The molecular weight excluding hydrogens is 339 g/mol. The van der Waals surface area contributed by atoms with E-state index in [1.807, 2.05) is 0 Å². The third kappa shape index (κ3) is 2.83. The predicted molar refractivity (Wildman–Crippen MR) is 93.4 cm³/mol. The molecule has 130 valence electrons. The number of rotatable bonds is 3. The van der Waals surface area contributed by atoms with Crippen molar-refractivity contribution >= 4 is 34.2 Å². The lowest BCUT2D eigenvalue weighted by molar-refractivity contribution is -0.121. The van der Waals surface area contributed by atoms with Gasteiger partial charge in [-0.25, -0.2) is 14.1 Å². The summed E-state index contributed by atoms with van der Waals surface area (Å²) in [7, 11) is 0. The highest BCUT2D eigenvalue weighted by molar-refractivity contribution is 6.23. The molecule has 1 atom stereocenters. The minimum Gasteiger partial charge on any atom is -0.423 e. The van der Waals surface area contributed by atoms with Gasteiger partial charge in [-0.05, 0) is 48.5 Å². The Morgan fingerprint density at radius 2 is 1.77 bits per heavy atom. The number of carbonyl (C=O) groups is 2. The third-order valence-electron chi connectivity index (χ3n) is 4.19. The van der Waals surface area contributed by atoms with Crippen LogP contribution in [0, 0.1) is 5.82 Å². The summed E-state index contributed by atoms with van der Waals surface area (Å²) in [5, 5.41) is 3.73. The minimum absolute atomic E-state index is 0.00187. The molecule has 3 aromatic rings. The average Bonchev–Trinajstić information content (AvgIpc) is 2.90. The molecule has 1 aromatic heterocycles. The van der Waals surface area contributed by atoms with E-state index in [2.05, 4.69) is 5.32 Å². The normalized spacial score (nSPS) is 17.1. The summed E-state index contributed by atoms with van der Waals surface area (Å²) in [5.41, 5.74) is 0.957. The van der Waals surface area contributed by atoms with Crippen molar-refractivity contribution in [2.45, 2.75) is 12.5 Å². The summed E-state index contributed by atoms with van der Waals surface area (Å²) in [6.07, 6.45) is -0.00187. The molecule has 0 aliphatic carbocycles. The first-order valence-electron chi connectivity index (χ1n) is 7.94. The molecule has 0 radical (unpaired) electrons. The Bertz CT molecular complexity index is 1070. The van der Waals surface area contributed by atoms with E-state index in [1.165, 1.54) is 30.3 Å². The fourth-order valence-corrected chi connectivity index (χ4v) is 2.97. The highest BCUT2D eigenvalue weighted by Crippen LogP contribution is 2.26. The van der Waals surface area contributed by atoms with Gasteiger partial charge in [0.15, 0.2) is 0 Å². The van der Waals surface area contributed by atoms with E-state index in [1.54, 1.807) is 24.3 Å². The number of carbonyl (C=O) groups excluding carboxylic acids is 2. The highest BCUT2D eigenvalue weighted by Gasteiger charge is 2.39. The SMILES string of the molecule is O=C1CC(Nc2ccc3oc(=O)ccc3c2)C(=O)N1c1ccc(F)cc1. The van der Waals surface area contributed by atoms with Gasteiger partial charge in [0.05, 0.1) is 12.1 Å². The van der Waals surface area contributed by atoms with Crippen molar-refractivity contribution in [3.05, 3.63) is 70.8 Å². The number of nitrogens with one attached hydrogen (secondary N) is 1. The second-order valence-electron chi connectivity index (χ2n) is 5.95. The van der Waals surface area contributed by atoms with Crippen LogP contribution in [0.5, 0.6) is 0 Å². The molecule has 7 heteroatoms. The van der Waals surface area contributed by atoms with Gasteiger partial charge in [-0.15, -0.1) is 0 Å². The summed E-state index contributed by atoms with van der Waals surface area (Å²) in [6, 6.07) is 12.4. The molecule has 26 heavy (non-hydrogen) atoms. The van der Waals surface area contributed by atoms with E-state index in [0.717, 1.165) is 4.90 Å². The lowest BCUT2D eigenvalue weighted by atomic mass is 10.2. The number of benzene rings is 2. The minimum atomic E-state index is -0.722. The summed E-state index contributed by atoms with van der Waals surface area (Å²) >= 11 is 0. The lowest BCUT2D eigenvalue weighted by Gasteiger charge is -2.16. The van der Waals surface area contributed by atoms with Gasteiger partial charge in [-0.2, -0.15) is 0 Å². The van der Waals surface area contributed by atoms with Gasteiger partial charge >= 0.3 is 5.63 Å². The van der Waals surface area contributed by atoms with Crippen molar-refractivity contribution < 1.29 is 18.4 Å². The summed E-state index contributed by atoms with van der Waals surface area (Å²) in [6.45, 7) is 0. The number of imide groups is 1. The Morgan fingerprint density at radius 1 is 1.00 bits per heavy atom. The zero-order chi connectivity index (χ0) is 18.3. The summed E-state index contributed by atoms with van der Waals surface area (Å²) in [4.78, 5) is 37.1. The maximum atomic E-state index is 13.1. The molecule has 2 heterocycles. The van der Waals surface area contributed by atoms with Gasteiger partial charge in [-0.1, -0.05) is 0 Å². The molecule has 1 aliphatic heterocycles. The molecule has 0 bridgehead atoms. The van der Waals surface area contributed by atoms with Crippen LogP contribution in [0.3, 0.4) is 0 Å². The second kappa shape index (κ2) is 6.11. The number of hydrogen-bond donors (Lipinski definition) is 1. The Balaban J connectivity index is 1.58. The van der Waals surface area contributed by atoms with Crippen LogP contribution in [0.4, 0.5) is 15.8 Å². The summed E-state index contributed by atoms with van der Waals surface area (Å²) < 4.78 is 18.1. The number of fused-ring (bicyclic) bond motifs is 1. The molecule has 0 saturated carbocycles. The van der Waals surface area contributed by atoms with E-state index in [-0.39, 0.29) is 12.3 Å². The second-order valence-corrected chi connectivity index (χ2v) is 5.95. The van der Waals surface area contributed by atoms with E-state index in [9.17, 15) is 18.8 Å². The number of amides is 2. The molecule has 1 N–H and O–H groups in total. The molecule has 1 fully saturated rings. The van der Waals surface area contributed by atoms with E-state index in [0.29, 0.717) is 22.3 Å². The van der Waals surface area contributed by atoms with Gasteiger partial charge in [0.1, 0.15) is 17.4 Å². The number of nitrogens with zero attached hydrogens (tertiary/aromatic N) is 1. The zero-order valence-corrected chi connectivity index (χ0v) is 13.4. The van der Waals surface area contributed by atoms with Crippen molar-refractivity contribution in [3.8, 4) is 0 Å². The van der Waals surface area contributed by atoms with Crippen molar-refractivity contribution in [1.82, 2.24) is 0 Å². The van der Waals surface area contributed by atoms with Crippen LogP contribution >= 0.6 is 0 Å². The maximum absolute atomic E-state index is 13.1. The Kier molecular flexibility index (Phi) is 3.76. The monoisotopic (exact) mass is 352 g/mol. The van der Waals surface area contributed by atoms with Crippen molar-refractivity contribution in [3.63, 3.8) is 0 Å². The highest BCUT2D eigenvalue weighted by atomic mass is 19.1. The Morgan fingerprint density at radius 3 is 2.54 bits per heavy atom. The van der Waals surface area contributed by atoms with Crippen LogP contribution in [0.1, 0.15) is 6.42 Å². The van der Waals surface area contributed by atoms with Gasteiger partial charge in [0.25, 0.3) is 5.91 Å². The molecule has 2 amide bonds. The molecule has 1 unspecified atom stereocenters. The number of hydrogen-bond acceptors (Lipinski definition) is 5. The number of halogens is 1. The topological polar surface area (TPSA) is 79.6 Å². The van der Waals surface area contributed by atoms with Gasteiger partial charge in [0, 0.05) is 17.1 Å². The fraction of sp³-hybridized carbons (Fsp3) is 0.105. The lowest BCUT2D eigenvalue weighted by Crippen LogP contribution is -2.34. The Labute approximate surface area is 146 Å². The number of anilines is 2. The standard InChI is InChI=1S/C19H13FN2O4/c20-12-2-5-14(6-3-12)22-17(23)10-15(19(22)25)21-13-4-7-16-11(9-13)1-8-18(24)26-16/h1-9,15,21H,10H2. The molecule has 1 saturated heterocycles. The Hall–Kier alpha value is -3.48. The first-order chi connectivity index (χ1) is 12.5. The molecule has 4 rings (SSSR count). The van der Waals surface area contributed by atoms with Crippen molar-refractivity contribution in [2.24, 2.45) is 0 Å². The fourth-order valence-electron chi connectivity index (χ4n) is 2.97. The average molecular weight is 352 g/mol. The van der Waals surface area contributed by atoms with E-state index in [4.69, 9.17) is 4.42 Å². The maximum Gasteiger partial charge on any atom is 0.336 e. The molecular formula is C19H13FN2O4. The van der Waals surface area contributed by atoms with Gasteiger partial charge in [-0.3, -0.25) is 9.59 Å². The summed E-state index contributed by atoms with van der Waals surface area (Å²) in [5.74, 6) is -1.20. The smallest absolute Gasteiger partial charge is 0.336 e. The van der Waals surface area contributed by atoms with Crippen LogP contribution in [-0.2, 0) is 9.59 Å². The van der Waals surface area contributed by atoms with Crippen molar-refractivity contribution in [1.29, 1.82) is 0 Å².